The number of hydrogen-bond donors (Lipinski definition) is 1. The summed E-state index contributed by atoms with van der Waals surface area (Å²) < 4.78 is 17.0. The first-order valence-corrected chi connectivity index (χ1v) is 8.39. The summed E-state index contributed by atoms with van der Waals surface area (Å²) in [6.07, 6.45) is 1.40. The maximum atomic E-state index is 12.8. The third-order valence-corrected chi connectivity index (χ3v) is 5.02. The van der Waals surface area contributed by atoms with E-state index in [-0.39, 0.29) is 5.78 Å². The van der Waals surface area contributed by atoms with Gasteiger partial charge in [0, 0.05) is 17.5 Å². The van der Waals surface area contributed by atoms with E-state index in [4.69, 9.17) is 14.2 Å². The molecule has 1 unspecified atom stereocenters. The number of ether oxygens (including phenoxy) is 3. The van der Waals surface area contributed by atoms with Crippen molar-refractivity contribution >= 4 is 27.5 Å². The Labute approximate surface area is 145 Å². The molecule has 1 aliphatic rings. The Balaban J connectivity index is 2.24. The second-order valence-electron chi connectivity index (χ2n) is 6.61. The van der Waals surface area contributed by atoms with E-state index in [9.17, 15) is 4.79 Å². The maximum Gasteiger partial charge on any atom is 0.165 e. The summed E-state index contributed by atoms with van der Waals surface area (Å²) in [6.45, 7) is 2.10. The van der Waals surface area contributed by atoms with Crippen molar-refractivity contribution in [3.8, 4) is 17.2 Å². The first kappa shape index (κ1) is 15.8. The Hall–Kier alpha value is -2.69. The number of H-pyrrole nitrogens is 1. The highest BCUT2D eigenvalue weighted by Gasteiger charge is 2.31. The average Bonchev–Trinajstić information content (AvgIpc) is 2.97. The number of rotatable bonds is 3. The van der Waals surface area contributed by atoms with Crippen LogP contribution >= 0.6 is 0 Å². The minimum atomic E-state index is 0.155. The molecule has 0 spiro atoms. The van der Waals surface area contributed by atoms with Crippen LogP contribution in [0.5, 0.6) is 17.2 Å². The third kappa shape index (κ3) is 2.11. The number of carbonyl (C=O) groups is 1. The van der Waals surface area contributed by atoms with E-state index in [2.05, 4.69) is 11.9 Å². The van der Waals surface area contributed by atoms with Crippen molar-refractivity contribution in [1.29, 1.82) is 0 Å². The SMILES string of the molecule is COc1cccc2c(OC)c3c4c([nH]c3c(OC)c12)CC(C)CC4=O. The standard InChI is InChI=1S/C20H21NO4/c1-10-8-12-16(13(22)9-10)17-18(21-12)20(25-4)15-11(19(17)24-3)6-5-7-14(15)23-2/h5-7,10,21H,8-9H2,1-4H3. The van der Waals surface area contributed by atoms with Gasteiger partial charge in [0.15, 0.2) is 11.5 Å². The molecule has 0 saturated heterocycles. The van der Waals surface area contributed by atoms with Crippen LogP contribution in [-0.2, 0) is 6.42 Å². The van der Waals surface area contributed by atoms with Crippen molar-refractivity contribution in [1.82, 2.24) is 4.98 Å². The lowest BCUT2D eigenvalue weighted by Gasteiger charge is -2.18. The lowest BCUT2D eigenvalue weighted by Crippen LogP contribution is -2.17. The molecule has 1 atom stereocenters. The minimum absolute atomic E-state index is 0.155. The zero-order valence-electron chi connectivity index (χ0n) is 14.9. The van der Waals surface area contributed by atoms with Gasteiger partial charge in [0.2, 0.25) is 0 Å². The second kappa shape index (κ2) is 5.69. The summed E-state index contributed by atoms with van der Waals surface area (Å²) in [7, 11) is 4.91. The van der Waals surface area contributed by atoms with Crippen LogP contribution in [0, 0.1) is 5.92 Å². The first-order chi connectivity index (χ1) is 12.1. The molecule has 5 heteroatoms. The van der Waals surface area contributed by atoms with Crippen LogP contribution in [0.2, 0.25) is 0 Å². The molecule has 1 N–H and O–H groups in total. The van der Waals surface area contributed by atoms with Gasteiger partial charge in [0.05, 0.1) is 43.2 Å². The molecule has 4 rings (SSSR count). The van der Waals surface area contributed by atoms with Crippen molar-refractivity contribution in [3.63, 3.8) is 0 Å². The van der Waals surface area contributed by atoms with Crippen LogP contribution in [0.1, 0.15) is 29.4 Å². The van der Waals surface area contributed by atoms with Gasteiger partial charge in [-0.05, 0) is 18.4 Å². The van der Waals surface area contributed by atoms with Crippen LogP contribution in [-0.4, -0.2) is 32.1 Å². The van der Waals surface area contributed by atoms with Gasteiger partial charge in [-0.25, -0.2) is 0 Å². The molecule has 0 amide bonds. The predicted molar refractivity (Wildman–Crippen MR) is 97.3 cm³/mol. The molecule has 1 heterocycles. The number of aromatic amines is 1. The molecule has 0 bridgehead atoms. The summed E-state index contributed by atoms with van der Waals surface area (Å²) >= 11 is 0. The molecule has 3 aromatic rings. The summed E-state index contributed by atoms with van der Waals surface area (Å²) in [6, 6.07) is 5.78. The van der Waals surface area contributed by atoms with E-state index in [1.807, 2.05) is 18.2 Å². The zero-order valence-corrected chi connectivity index (χ0v) is 14.9. The molecule has 2 aromatic carbocycles. The van der Waals surface area contributed by atoms with Gasteiger partial charge in [-0.15, -0.1) is 0 Å². The van der Waals surface area contributed by atoms with Crippen molar-refractivity contribution in [2.75, 3.05) is 21.3 Å². The Morgan fingerprint density at radius 3 is 2.44 bits per heavy atom. The number of benzene rings is 2. The first-order valence-electron chi connectivity index (χ1n) is 8.39. The Bertz CT molecular complexity index is 1000. The van der Waals surface area contributed by atoms with Gasteiger partial charge >= 0.3 is 0 Å². The van der Waals surface area contributed by atoms with Gasteiger partial charge in [0.1, 0.15) is 11.5 Å². The highest BCUT2D eigenvalue weighted by atomic mass is 16.5. The van der Waals surface area contributed by atoms with Crippen molar-refractivity contribution in [2.45, 2.75) is 19.8 Å². The monoisotopic (exact) mass is 339 g/mol. The molecule has 0 aliphatic heterocycles. The molecule has 130 valence electrons. The lowest BCUT2D eigenvalue weighted by molar-refractivity contribution is 0.0954. The fourth-order valence-corrected chi connectivity index (χ4v) is 4.05. The Kier molecular flexibility index (Phi) is 3.60. The van der Waals surface area contributed by atoms with Gasteiger partial charge in [-0.2, -0.15) is 0 Å². The number of methoxy groups -OCH3 is 3. The lowest BCUT2D eigenvalue weighted by atomic mass is 9.86. The third-order valence-electron chi connectivity index (χ3n) is 5.02. The van der Waals surface area contributed by atoms with E-state index >= 15 is 0 Å². The number of aromatic nitrogens is 1. The quantitative estimate of drug-likeness (QED) is 0.780. The number of fused-ring (bicyclic) bond motifs is 4. The molecule has 1 aliphatic carbocycles. The zero-order chi connectivity index (χ0) is 17.7. The van der Waals surface area contributed by atoms with Crippen LogP contribution in [0.3, 0.4) is 0 Å². The summed E-state index contributed by atoms with van der Waals surface area (Å²) in [5.74, 6) is 2.56. The Morgan fingerprint density at radius 1 is 1.00 bits per heavy atom. The fraction of sp³-hybridized carbons (Fsp3) is 0.350. The van der Waals surface area contributed by atoms with Crippen LogP contribution in [0.25, 0.3) is 21.7 Å². The van der Waals surface area contributed by atoms with E-state index in [1.165, 1.54) is 0 Å². The smallest absolute Gasteiger partial charge is 0.165 e. The van der Waals surface area contributed by atoms with E-state index < -0.39 is 0 Å². The van der Waals surface area contributed by atoms with Gasteiger partial charge in [-0.3, -0.25) is 4.79 Å². The largest absolute Gasteiger partial charge is 0.496 e. The number of carbonyl (C=O) groups excluding carboxylic acids is 1. The van der Waals surface area contributed by atoms with Gasteiger partial charge < -0.3 is 19.2 Å². The molecule has 25 heavy (non-hydrogen) atoms. The van der Waals surface area contributed by atoms with Gasteiger partial charge in [0.25, 0.3) is 0 Å². The fourth-order valence-electron chi connectivity index (χ4n) is 4.05. The maximum absolute atomic E-state index is 12.8. The molecule has 0 fully saturated rings. The highest BCUT2D eigenvalue weighted by Crippen LogP contribution is 2.48. The van der Waals surface area contributed by atoms with Crippen LogP contribution < -0.4 is 14.2 Å². The minimum Gasteiger partial charge on any atom is -0.496 e. The Morgan fingerprint density at radius 2 is 1.76 bits per heavy atom. The van der Waals surface area contributed by atoms with Crippen molar-refractivity contribution < 1.29 is 19.0 Å². The van der Waals surface area contributed by atoms with Crippen molar-refractivity contribution in [3.05, 3.63) is 29.5 Å². The second-order valence-corrected chi connectivity index (χ2v) is 6.61. The van der Waals surface area contributed by atoms with Crippen LogP contribution in [0.4, 0.5) is 0 Å². The molecule has 0 saturated carbocycles. The van der Waals surface area contributed by atoms with Crippen LogP contribution in [0.15, 0.2) is 18.2 Å². The van der Waals surface area contributed by atoms with E-state index in [0.29, 0.717) is 29.6 Å². The van der Waals surface area contributed by atoms with Crippen molar-refractivity contribution in [2.24, 2.45) is 5.92 Å². The number of nitrogens with one attached hydrogen (secondary N) is 1. The summed E-state index contributed by atoms with van der Waals surface area (Å²) in [5, 5.41) is 2.53. The summed E-state index contributed by atoms with van der Waals surface area (Å²) in [5.41, 5.74) is 2.50. The number of ketones is 1. The molecule has 0 radical (unpaired) electrons. The molecule has 5 nitrogen and oxygen atoms in total. The highest BCUT2D eigenvalue weighted by molar-refractivity contribution is 6.20. The average molecular weight is 339 g/mol. The topological polar surface area (TPSA) is 60.6 Å². The van der Waals surface area contributed by atoms with E-state index in [1.54, 1.807) is 21.3 Å². The van der Waals surface area contributed by atoms with E-state index in [0.717, 1.165) is 39.4 Å². The number of hydrogen-bond acceptors (Lipinski definition) is 4. The number of Topliss-reactive ketones (excluding diaryl/α,β-unsaturated/α-hetero) is 1. The molecular weight excluding hydrogens is 318 g/mol. The van der Waals surface area contributed by atoms with Gasteiger partial charge in [-0.1, -0.05) is 19.1 Å². The normalized spacial score (nSPS) is 17.0. The summed E-state index contributed by atoms with van der Waals surface area (Å²) in [4.78, 5) is 16.2. The molecular formula is C20H21NO4. The predicted octanol–water partition coefficient (Wildman–Crippen LogP) is 4.11. The molecule has 1 aromatic heterocycles.